The first kappa shape index (κ1) is 15.8. The predicted molar refractivity (Wildman–Crippen MR) is 98.3 cm³/mol. The van der Waals surface area contributed by atoms with Gasteiger partial charge in [-0.15, -0.1) is 0 Å². The SMILES string of the molecule is C[C@]12C(=O)N(NC(=O)c3ccc(I)cc3)N([O-])[C@H]1C1C=CC2[C@@H]2C[C@H]12. The number of halogens is 1. The molecule has 6 atom stereocenters. The second-order valence-corrected chi connectivity index (χ2v) is 8.89. The minimum Gasteiger partial charge on any atom is -0.765 e. The first-order valence-electron chi connectivity index (χ1n) is 8.48. The molecule has 6 nitrogen and oxygen atoms in total. The molecule has 1 saturated heterocycles. The number of amides is 2. The lowest BCUT2D eigenvalue weighted by Crippen LogP contribution is -2.54. The Kier molecular flexibility index (Phi) is 3.19. The Morgan fingerprint density at radius 2 is 2.00 bits per heavy atom. The zero-order valence-electron chi connectivity index (χ0n) is 13.6. The van der Waals surface area contributed by atoms with Crippen LogP contribution in [-0.4, -0.2) is 28.1 Å². The molecule has 7 heteroatoms. The van der Waals surface area contributed by atoms with Crippen molar-refractivity contribution in [2.75, 3.05) is 0 Å². The van der Waals surface area contributed by atoms with Gasteiger partial charge in [-0.05, 0) is 83.9 Å². The molecule has 130 valence electrons. The highest BCUT2D eigenvalue weighted by Gasteiger charge is 2.71. The van der Waals surface area contributed by atoms with Gasteiger partial charge in [-0.3, -0.25) is 14.8 Å². The van der Waals surface area contributed by atoms with Crippen molar-refractivity contribution >= 4 is 34.4 Å². The number of hydrazine groups is 2. The van der Waals surface area contributed by atoms with E-state index in [4.69, 9.17) is 0 Å². The van der Waals surface area contributed by atoms with Gasteiger partial charge in [0.25, 0.3) is 11.8 Å². The number of carbonyl (C=O) groups excluding carboxylic acids is 2. The number of nitrogens with one attached hydrogen (secondary N) is 1. The summed E-state index contributed by atoms with van der Waals surface area (Å²) in [6.07, 6.45) is 5.32. The Hall–Kier alpha value is -1.45. The van der Waals surface area contributed by atoms with Crippen molar-refractivity contribution in [2.45, 2.75) is 19.4 Å². The Labute approximate surface area is 158 Å². The molecule has 2 bridgehead atoms. The molecule has 1 aromatic rings. The summed E-state index contributed by atoms with van der Waals surface area (Å²) in [6, 6.07) is 6.57. The Morgan fingerprint density at radius 1 is 1.28 bits per heavy atom. The molecule has 1 heterocycles. The lowest BCUT2D eigenvalue weighted by molar-refractivity contribution is -0.145. The fraction of sp³-hybridized carbons (Fsp3) is 0.444. The second-order valence-electron chi connectivity index (χ2n) is 7.65. The molecular formula is C18H17IN3O3-. The van der Waals surface area contributed by atoms with Crippen LogP contribution in [0.5, 0.6) is 0 Å². The molecule has 2 amide bonds. The van der Waals surface area contributed by atoms with E-state index in [1.165, 1.54) is 0 Å². The third-order valence-electron chi connectivity index (χ3n) is 6.46. The van der Waals surface area contributed by atoms with E-state index in [9.17, 15) is 14.8 Å². The van der Waals surface area contributed by atoms with Crippen LogP contribution in [0.2, 0.25) is 0 Å². The molecule has 2 unspecified atom stereocenters. The Morgan fingerprint density at radius 3 is 2.72 bits per heavy atom. The van der Waals surface area contributed by atoms with Crippen LogP contribution >= 0.6 is 22.6 Å². The second kappa shape index (κ2) is 5.05. The number of nitrogens with zero attached hydrogens (tertiary/aromatic N) is 2. The van der Waals surface area contributed by atoms with Crippen LogP contribution in [0.4, 0.5) is 0 Å². The Bertz CT molecular complexity index is 810. The van der Waals surface area contributed by atoms with Crippen molar-refractivity contribution in [3.05, 3.63) is 50.8 Å². The molecular weight excluding hydrogens is 433 g/mol. The van der Waals surface area contributed by atoms with Crippen molar-refractivity contribution in [3.63, 3.8) is 0 Å². The van der Waals surface area contributed by atoms with Crippen molar-refractivity contribution in [1.82, 2.24) is 15.7 Å². The van der Waals surface area contributed by atoms with E-state index in [0.717, 1.165) is 15.1 Å². The summed E-state index contributed by atoms with van der Waals surface area (Å²) in [5, 5.41) is 14.5. The number of carbonyl (C=O) groups is 2. The van der Waals surface area contributed by atoms with Gasteiger partial charge in [0, 0.05) is 15.2 Å². The summed E-state index contributed by atoms with van der Waals surface area (Å²) in [5.41, 5.74) is 2.19. The molecule has 0 spiro atoms. The third-order valence-corrected chi connectivity index (χ3v) is 7.18. The summed E-state index contributed by atoms with van der Waals surface area (Å²) >= 11 is 2.16. The zero-order chi connectivity index (χ0) is 17.5. The van der Waals surface area contributed by atoms with E-state index in [1.807, 2.05) is 19.1 Å². The number of benzene rings is 1. The van der Waals surface area contributed by atoms with Crippen LogP contribution in [0.1, 0.15) is 23.7 Å². The van der Waals surface area contributed by atoms with E-state index < -0.39 is 17.4 Å². The van der Waals surface area contributed by atoms with E-state index >= 15 is 0 Å². The van der Waals surface area contributed by atoms with Crippen LogP contribution in [0.3, 0.4) is 0 Å². The van der Waals surface area contributed by atoms with E-state index in [1.54, 1.807) is 12.1 Å². The summed E-state index contributed by atoms with van der Waals surface area (Å²) in [5.74, 6) is 0.484. The number of allylic oxidation sites excluding steroid dienone is 1. The lowest BCUT2D eigenvalue weighted by Gasteiger charge is -2.50. The number of hydrogen-bond donors (Lipinski definition) is 1. The van der Waals surface area contributed by atoms with Crippen molar-refractivity contribution in [1.29, 1.82) is 0 Å². The molecule has 3 fully saturated rings. The van der Waals surface area contributed by atoms with E-state index in [-0.39, 0.29) is 17.7 Å². The van der Waals surface area contributed by atoms with Crippen molar-refractivity contribution in [2.24, 2.45) is 29.1 Å². The maximum Gasteiger partial charge on any atom is 0.271 e. The van der Waals surface area contributed by atoms with Crippen LogP contribution in [0.15, 0.2) is 36.4 Å². The fourth-order valence-corrected chi connectivity index (χ4v) is 5.52. The normalized spacial score (nSPS) is 40.8. The smallest absolute Gasteiger partial charge is 0.271 e. The number of hydroxylamine groups is 1. The standard InChI is InChI=1S/C18H17IN3O3/c1-18-14-7-6-11(12-8-13(12)14)15(18)22(25)21(17(18)24)20-16(23)9-2-4-10(19)5-3-9/h2-7,11-15H,8H2,1H3,(H,20,23)/q-1/t11?,12-,13-,14?,15+,18-/m1/s1. The van der Waals surface area contributed by atoms with Crippen molar-refractivity contribution < 1.29 is 9.59 Å². The first-order valence-corrected chi connectivity index (χ1v) is 9.56. The summed E-state index contributed by atoms with van der Waals surface area (Å²) in [7, 11) is 0. The first-order chi connectivity index (χ1) is 11.9. The average molecular weight is 450 g/mol. The van der Waals surface area contributed by atoms with Gasteiger partial charge in [0.1, 0.15) is 0 Å². The van der Waals surface area contributed by atoms with Gasteiger partial charge in [-0.2, -0.15) is 5.12 Å². The van der Waals surface area contributed by atoms with E-state index in [2.05, 4.69) is 40.2 Å². The van der Waals surface area contributed by atoms with Gasteiger partial charge >= 0.3 is 0 Å². The molecule has 0 radical (unpaired) electrons. The topological polar surface area (TPSA) is 75.7 Å². The van der Waals surface area contributed by atoms with E-state index in [0.29, 0.717) is 22.6 Å². The highest BCUT2D eigenvalue weighted by molar-refractivity contribution is 14.1. The summed E-state index contributed by atoms with van der Waals surface area (Å²) in [6.45, 7) is 1.89. The molecule has 2 saturated carbocycles. The van der Waals surface area contributed by atoms with Gasteiger partial charge < -0.3 is 5.21 Å². The highest BCUT2D eigenvalue weighted by Crippen LogP contribution is 2.68. The monoisotopic (exact) mass is 450 g/mol. The van der Waals surface area contributed by atoms with Crippen LogP contribution in [0, 0.1) is 37.9 Å². The number of hydrogen-bond acceptors (Lipinski definition) is 4. The predicted octanol–water partition coefficient (Wildman–Crippen LogP) is 2.32. The lowest BCUT2D eigenvalue weighted by atomic mass is 9.57. The molecule has 25 heavy (non-hydrogen) atoms. The summed E-state index contributed by atoms with van der Waals surface area (Å²) in [4.78, 5) is 25.6. The van der Waals surface area contributed by atoms with Gasteiger partial charge in [0.05, 0.1) is 5.41 Å². The van der Waals surface area contributed by atoms with Crippen molar-refractivity contribution in [3.8, 4) is 0 Å². The van der Waals surface area contributed by atoms with Crippen LogP contribution in [0.25, 0.3) is 0 Å². The Balaban J connectivity index is 1.44. The highest BCUT2D eigenvalue weighted by atomic mass is 127. The van der Waals surface area contributed by atoms with Gasteiger partial charge in [-0.1, -0.05) is 12.2 Å². The van der Waals surface area contributed by atoms with Gasteiger partial charge in [-0.25, -0.2) is 5.43 Å². The molecule has 5 aliphatic rings. The quantitative estimate of drug-likeness (QED) is 0.555. The molecule has 0 aromatic heterocycles. The average Bonchev–Trinajstić information content (AvgIpc) is 3.38. The van der Waals surface area contributed by atoms with Crippen LogP contribution < -0.4 is 5.43 Å². The number of rotatable bonds is 2. The molecule has 4 aliphatic carbocycles. The minimum atomic E-state index is -0.752. The van der Waals surface area contributed by atoms with Crippen LogP contribution in [-0.2, 0) is 4.79 Å². The minimum absolute atomic E-state index is 0.0941. The van der Waals surface area contributed by atoms with Gasteiger partial charge in [0.15, 0.2) is 0 Å². The third kappa shape index (κ3) is 1.97. The summed E-state index contributed by atoms with van der Waals surface area (Å²) < 4.78 is 1.01. The van der Waals surface area contributed by atoms with Gasteiger partial charge in [0.2, 0.25) is 0 Å². The molecule has 1 aromatic carbocycles. The maximum absolute atomic E-state index is 13.1. The fourth-order valence-electron chi connectivity index (χ4n) is 5.16. The molecule has 1 aliphatic heterocycles. The maximum atomic E-state index is 13.1. The largest absolute Gasteiger partial charge is 0.765 e. The zero-order valence-corrected chi connectivity index (χ0v) is 15.7. The molecule has 1 N–H and O–H groups in total. The molecule has 6 rings (SSSR count).